The summed E-state index contributed by atoms with van der Waals surface area (Å²) in [5.74, 6) is 0.171. The van der Waals surface area contributed by atoms with Gasteiger partial charge in [-0.25, -0.2) is 0 Å². The number of hydrogen-bond donors (Lipinski definition) is 0. The molecule has 0 aromatic heterocycles. The average Bonchev–Trinajstić information content (AvgIpc) is 2.37. The van der Waals surface area contributed by atoms with Crippen LogP contribution < -0.4 is 0 Å². The molecule has 0 aromatic rings. The van der Waals surface area contributed by atoms with Gasteiger partial charge in [0.15, 0.2) is 0 Å². The number of esters is 1. The van der Waals surface area contributed by atoms with Crippen molar-refractivity contribution in [3.8, 4) is 0 Å². The minimum absolute atomic E-state index is 0.0397. The minimum Gasteiger partial charge on any atom is -0.465 e. The summed E-state index contributed by atoms with van der Waals surface area (Å²) >= 11 is 0. The van der Waals surface area contributed by atoms with E-state index in [-0.39, 0.29) is 11.9 Å². The van der Waals surface area contributed by atoms with Crippen LogP contribution in [-0.4, -0.2) is 12.6 Å². The molecule has 0 aliphatic carbocycles. The second-order valence-corrected chi connectivity index (χ2v) is 5.26. The molecule has 1 heterocycles. The molecule has 1 aliphatic heterocycles. The fraction of sp³-hybridized carbons (Fsp3) is 0.812. The topological polar surface area (TPSA) is 26.3 Å². The number of rotatable bonds is 2. The summed E-state index contributed by atoms with van der Waals surface area (Å²) in [7, 11) is 0. The predicted molar refractivity (Wildman–Crippen MR) is 75.4 cm³/mol. The fourth-order valence-electron chi connectivity index (χ4n) is 2.45. The highest BCUT2D eigenvalue weighted by atomic mass is 16.5. The van der Waals surface area contributed by atoms with Gasteiger partial charge in [-0.2, -0.15) is 0 Å². The van der Waals surface area contributed by atoms with Gasteiger partial charge < -0.3 is 4.74 Å². The first-order chi connectivity index (χ1) is 8.84. The van der Waals surface area contributed by atoms with Gasteiger partial charge in [0, 0.05) is 0 Å². The zero-order valence-electron chi connectivity index (χ0n) is 11.8. The molecule has 0 radical (unpaired) electrons. The van der Waals surface area contributed by atoms with Crippen molar-refractivity contribution >= 4 is 5.97 Å². The molecule has 1 atom stereocenters. The highest BCUT2D eigenvalue weighted by Crippen LogP contribution is 2.18. The zero-order chi connectivity index (χ0) is 13.1. The van der Waals surface area contributed by atoms with Crippen LogP contribution in [-0.2, 0) is 9.53 Å². The first-order valence-electron chi connectivity index (χ1n) is 7.66. The summed E-state index contributed by atoms with van der Waals surface area (Å²) in [4.78, 5) is 11.9. The Balaban J connectivity index is 2.42. The van der Waals surface area contributed by atoms with Crippen LogP contribution in [0.15, 0.2) is 12.2 Å². The highest BCUT2D eigenvalue weighted by molar-refractivity contribution is 5.72. The van der Waals surface area contributed by atoms with E-state index in [2.05, 4.69) is 19.1 Å². The minimum atomic E-state index is 0.0397. The molecule has 0 aromatic carbocycles. The van der Waals surface area contributed by atoms with Crippen molar-refractivity contribution in [3.05, 3.63) is 12.2 Å². The Morgan fingerprint density at radius 1 is 1.11 bits per heavy atom. The number of carbonyl (C=O) groups excluding carboxylic acids is 1. The molecule has 0 spiro atoms. The Labute approximate surface area is 112 Å². The number of carbonyl (C=O) groups is 1. The molecule has 1 unspecified atom stereocenters. The van der Waals surface area contributed by atoms with Gasteiger partial charge in [0.25, 0.3) is 0 Å². The number of allylic oxidation sites excluding steroid dienone is 2. The molecule has 2 heteroatoms. The second-order valence-electron chi connectivity index (χ2n) is 5.26. The van der Waals surface area contributed by atoms with Crippen LogP contribution >= 0.6 is 0 Å². The van der Waals surface area contributed by atoms with Crippen molar-refractivity contribution in [3.63, 3.8) is 0 Å². The summed E-state index contributed by atoms with van der Waals surface area (Å²) < 4.78 is 5.40. The normalized spacial score (nSPS) is 26.1. The zero-order valence-corrected chi connectivity index (χ0v) is 11.8. The van der Waals surface area contributed by atoms with Crippen LogP contribution in [0.1, 0.15) is 71.1 Å². The Morgan fingerprint density at radius 2 is 1.83 bits per heavy atom. The molecule has 0 N–H and O–H groups in total. The van der Waals surface area contributed by atoms with Crippen molar-refractivity contribution in [2.24, 2.45) is 5.92 Å². The summed E-state index contributed by atoms with van der Waals surface area (Å²) in [6, 6.07) is 0. The molecule has 2 nitrogen and oxygen atoms in total. The van der Waals surface area contributed by atoms with Crippen LogP contribution in [0.4, 0.5) is 0 Å². The quantitative estimate of drug-likeness (QED) is 0.529. The van der Waals surface area contributed by atoms with Crippen LogP contribution in [0.5, 0.6) is 0 Å². The van der Waals surface area contributed by atoms with Gasteiger partial charge in [0.1, 0.15) is 0 Å². The Bertz CT molecular complexity index is 245. The van der Waals surface area contributed by atoms with Gasteiger partial charge in [-0.15, -0.1) is 0 Å². The van der Waals surface area contributed by atoms with E-state index in [1.54, 1.807) is 0 Å². The smallest absolute Gasteiger partial charge is 0.308 e. The summed E-state index contributed by atoms with van der Waals surface area (Å²) in [5.41, 5.74) is 0. The molecule has 0 amide bonds. The van der Waals surface area contributed by atoms with Crippen molar-refractivity contribution < 1.29 is 9.53 Å². The fourth-order valence-corrected chi connectivity index (χ4v) is 2.45. The third-order valence-electron chi connectivity index (χ3n) is 3.57. The van der Waals surface area contributed by atoms with E-state index in [4.69, 9.17) is 4.74 Å². The maximum absolute atomic E-state index is 11.9. The van der Waals surface area contributed by atoms with Crippen LogP contribution in [0.2, 0.25) is 0 Å². The molecular weight excluding hydrogens is 224 g/mol. The lowest BCUT2D eigenvalue weighted by Crippen LogP contribution is -2.18. The monoisotopic (exact) mass is 252 g/mol. The first kappa shape index (κ1) is 15.3. The maximum Gasteiger partial charge on any atom is 0.308 e. The van der Waals surface area contributed by atoms with Gasteiger partial charge in [0.05, 0.1) is 12.5 Å². The van der Waals surface area contributed by atoms with E-state index in [0.717, 1.165) is 38.5 Å². The highest BCUT2D eigenvalue weighted by Gasteiger charge is 2.18. The molecule has 18 heavy (non-hydrogen) atoms. The van der Waals surface area contributed by atoms with Crippen molar-refractivity contribution in [1.82, 2.24) is 0 Å². The van der Waals surface area contributed by atoms with E-state index < -0.39 is 0 Å². The lowest BCUT2D eigenvalue weighted by molar-refractivity contribution is -0.149. The third kappa shape index (κ3) is 6.83. The van der Waals surface area contributed by atoms with Gasteiger partial charge in [-0.1, -0.05) is 38.3 Å². The molecule has 104 valence electrons. The molecule has 1 aliphatic rings. The third-order valence-corrected chi connectivity index (χ3v) is 3.57. The molecule has 1 rings (SSSR count). The molecule has 0 saturated carbocycles. The molecular formula is C16H28O2. The molecule has 0 saturated heterocycles. The summed E-state index contributed by atoms with van der Waals surface area (Å²) in [6.45, 7) is 2.76. The molecule has 0 fully saturated rings. The Kier molecular flexibility index (Phi) is 8.62. The summed E-state index contributed by atoms with van der Waals surface area (Å²) in [5, 5.41) is 0. The van der Waals surface area contributed by atoms with E-state index >= 15 is 0 Å². The maximum atomic E-state index is 11.9. The predicted octanol–water partition coefficient (Wildman–Crippen LogP) is 4.64. The van der Waals surface area contributed by atoms with Gasteiger partial charge >= 0.3 is 5.97 Å². The lowest BCUT2D eigenvalue weighted by Gasteiger charge is -2.15. The van der Waals surface area contributed by atoms with E-state index in [1.165, 1.54) is 25.7 Å². The largest absolute Gasteiger partial charge is 0.465 e. The first-order valence-corrected chi connectivity index (χ1v) is 7.66. The van der Waals surface area contributed by atoms with Crippen molar-refractivity contribution in [2.45, 2.75) is 71.1 Å². The number of ether oxygens (including phenoxy) is 1. The lowest BCUT2D eigenvalue weighted by atomic mass is 9.97. The number of hydrogen-bond acceptors (Lipinski definition) is 2. The van der Waals surface area contributed by atoms with Crippen molar-refractivity contribution in [1.29, 1.82) is 0 Å². The number of cyclic esters (lactones) is 1. The van der Waals surface area contributed by atoms with E-state index in [9.17, 15) is 4.79 Å². The average molecular weight is 252 g/mol. The van der Waals surface area contributed by atoms with E-state index in [1.807, 2.05) is 0 Å². The van der Waals surface area contributed by atoms with Crippen molar-refractivity contribution in [2.75, 3.05) is 6.61 Å². The standard InChI is InChI=1S/C16H28O2/c1-2-12-15-13-10-8-6-4-3-5-7-9-11-14-18-16(15)17/h4,6,15H,2-3,5,7-14H2,1H3/b6-4+. The van der Waals surface area contributed by atoms with Gasteiger partial charge in [-0.05, 0) is 44.9 Å². The summed E-state index contributed by atoms with van der Waals surface area (Å²) in [6.07, 6.45) is 15.7. The molecule has 0 bridgehead atoms. The van der Waals surface area contributed by atoms with Crippen LogP contribution in [0.25, 0.3) is 0 Å². The second kappa shape index (κ2) is 10.2. The van der Waals surface area contributed by atoms with Crippen LogP contribution in [0, 0.1) is 5.92 Å². The van der Waals surface area contributed by atoms with Crippen LogP contribution in [0.3, 0.4) is 0 Å². The Hall–Kier alpha value is -0.790. The Morgan fingerprint density at radius 3 is 2.61 bits per heavy atom. The SMILES string of the molecule is CCCC1CCC/C=C/CCCCCCOC1=O. The van der Waals surface area contributed by atoms with Gasteiger partial charge in [-0.3, -0.25) is 4.79 Å². The van der Waals surface area contributed by atoms with E-state index in [0.29, 0.717) is 6.61 Å². The van der Waals surface area contributed by atoms with Gasteiger partial charge in [0.2, 0.25) is 0 Å².